The smallest absolute Gasteiger partial charge is 0.252 e. The lowest BCUT2D eigenvalue weighted by Gasteiger charge is -2.32. The minimum atomic E-state index is 0.0208. The highest BCUT2D eigenvalue weighted by atomic mass is 16.2. The molecule has 0 saturated carbocycles. The van der Waals surface area contributed by atoms with E-state index < -0.39 is 0 Å². The van der Waals surface area contributed by atoms with Gasteiger partial charge in [-0.25, -0.2) is 9.67 Å². The van der Waals surface area contributed by atoms with E-state index in [0.29, 0.717) is 0 Å². The topological polar surface area (TPSA) is 78.0 Å². The van der Waals surface area contributed by atoms with Crippen LogP contribution in [0.3, 0.4) is 0 Å². The monoisotopic (exact) mass is 234 g/mol. The van der Waals surface area contributed by atoms with Crippen molar-refractivity contribution in [3.05, 3.63) is 12.2 Å². The van der Waals surface area contributed by atoms with Crippen molar-refractivity contribution in [3.63, 3.8) is 0 Å². The highest BCUT2D eigenvalue weighted by Gasteiger charge is 2.19. The first-order valence-corrected chi connectivity index (χ1v) is 5.45. The van der Waals surface area contributed by atoms with E-state index >= 15 is 0 Å². The van der Waals surface area contributed by atoms with Gasteiger partial charge in [-0.1, -0.05) is 0 Å². The van der Waals surface area contributed by atoms with Crippen molar-refractivity contribution in [1.29, 1.82) is 5.26 Å². The molecular weight excluding hydrogens is 220 g/mol. The Morgan fingerprint density at radius 1 is 1.47 bits per heavy atom. The standard InChI is InChI=1S/C10H14N6O/c1-14-2-4-15(5-3-14)10(17)7-16-8-12-9(6-11)13-16/h8H,2-5,7H2,1H3. The molecule has 2 rings (SSSR count). The predicted molar refractivity (Wildman–Crippen MR) is 58.8 cm³/mol. The van der Waals surface area contributed by atoms with Crippen LogP contribution >= 0.6 is 0 Å². The first-order valence-electron chi connectivity index (χ1n) is 5.45. The number of carbonyl (C=O) groups excluding carboxylic acids is 1. The molecule has 0 spiro atoms. The molecule has 2 heterocycles. The first kappa shape index (κ1) is 11.5. The normalized spacial score (nSPS) is 16.8. The Kier molecular flexibility index (Phi) is 3.35. The van der Waals surface area contributed by atoms with E-state index in [1.165, 1.54) is 11.0 Å². The molecule has 7 heteroatoms. The lowest BCUT2D eigenvalue weighted by atomic mass is 10.3. The molecular formula is C10H14N6O. The van der Waals surface area contributed by atoms with Crippen molar-refractivity contribution in [2.75, 3.05) is 33.2 Å². The number of nitriles is 1. The summed E-state index contributed by atoms with van der Waals surface area (Å²) in [6, 6.07) is 1.83. The molecule has 0 aliphatic carbocycles. The number of aromatic nitrogens is 3. The quantitative estimate of drug-likeness (QED) is 0.650. The molecule has 90 valence electrons. The van der Waals surface area contributed by atoms with Crippen LogP contribution in [0.2, 0.25) is 0 Å². The van der Waals surface area contributed by atoms with Crippen LogP contribution in [-0.4, -0.2) is 63.7 Å². The van der Waals surface area contributed by atoms with Gasteiger partial charge in [-0.3, -0.25) is 4.79 Å². The van der Waals surface area contributed by atoms with Crippen LogP contribution in [0.5, 0.6) is 0 Å². The second kappa shape index (κ2) is 4.93. The zero-order valence-electron chi connectivity index (χ0n) is 9.70. The molecule has 1 aromatic heterocycles. The minimum absolute atomic E-state index is 0.0208. The number of nitrogens with zero attached hydrogens (tertiary/aromatic N) is 6. The summed E-state index contributed by atoms with van der Waals surface area (Å²) in [5, 5.41) is 12.4. The fraction of sp³-hybridized carbons (Fsp3) is 0.600. The number of hydrogen-bond donors (Lipinski definition) is 0. The molecule has 1 aliphatic rings. The maximum atomic E-state index is 11.9. The number of likely N-dealkylation sites (N-methyl/N-ethyl adjacent to an activating group) is 1. The Bertz CT molecular complexity index is 440. The van der Waals surface area contributed by atoms with Gasteiger partial charge in [-0.05, 0) is 7.05 Å². The van der Waals surface area contributed by atoms with E-state index in [4.69, 9.17) is 5.26 Å². The van der Waals surface area contributed by atoms with E-state index in [1.54, 1.807) is 0 Å². The Morgan fingerprint density at radius 2 is 2.18 bits per heavy atom. The Morgan fingerprint density at radius 3 is 2.76 bits per heavy atom. The van der Waals surface area contributed by atoms with E-state index in [0.717, 1.165) is 26.2 Å². The van der Waals surface area contributed by atoms with Crippen molar-refractivity contribution in [2.45, 2.75) is 6.54 Å². The fourth-order valence-corrected chi connectivity index (χ4v) is 1.72. The fourth-order valence-electron chi connectivity index (χ4n) is 1.72. The summed E-state index contributed by atoms with van der Waals surface area (Å²) in [6.45, 7) is 3.43. The van der Waals surface area contributed by atoms with Crippen LogP contribution in [0.1, 0.15) is 5.82 Å². The van der Waals surface area contributed by atoms with E-state index in [9.17, 15) is 4.79 Å². The van der Waals surface area contributed by atoms with Crippen LogP contribution in [0, 0.1) is 11.3 Å². The maximum absolute atomic E-state index is 11.9. The summed E-state index contributed by atoms with van der Waals surface area (Å²) in [5.41, 5.74) is 0. The van der Waals surface area contributed by atoms with Crippen molar-refractivity contribution >= 4 is 5.91 Å². The third-order valence-corrected chi connectivity index (χ3v) is 2.79. The van der Waals surface area contributed by atoms with Crippen LogP contribution in [-0.2, 0) is 11.3 Å². The Hall–Kier alpha value is -1.94. The molecule has 0 bridgehead atoms. The molecule has 0 radical (unpaired) electrons. The number of piperazine rings is 1. The molecule has 1 amide bonds. The van der Waals surface area contributed by atoms with Gasteiger partial charge in [0.2, 0.25) is 5.91 Å². The van der Waals surface area contributed by atoms with Crippen LogP contribution in [0.4, 0.5) is 0 Å². The highest BCUT2D eigenvalue weighted by Crippen LogP contribution is 2.01. The summed E-state index contributed by atoms with van der Waals surface area (Å²) in [5.74, 6) is 0.115. The SMILES string of the molecule is CN1CCN(C(=O)Cn2cnc(C#N)n2)CC1. The molecule has 7 nitrogen and oxygen atoms in total. The summed E-state index contributed by atoms with van der Waals surface area (Å²) < 4.78 is 1.40. The summed E-state index contributed by atoms with van der Waals surface area (Å²) in [4.78, 5) is 19.7. The van der Waals surface area contributed by atoms with Gasteiger partial charge in [0.15, 0.2) is 0 Å². The third-order valence-electron chi connectivity index (χ3n) is 2.79. The van der Waals surface area contributed by atoms with Crippen molar-refractivity contribution in [2.24, 2.45) is 0 Å². The van der Waals surface area contributed by atoms with Crippen molar-refractivity contribution in [1.82, 2.24) is 24.6 Å². The molecule has 0 aromatic carbocycles. The average Bonchev–Trinajstić information content (AvgIpc) is 2.77. The average molecular weight is 234 g/mol. The number of rotatable bonds is 2. The molecule has 0 N–H and O–H groups in total. The lowest BCUT2D eigenvalue weighted by Crippen LogP contribution is -2.48. The van der Waals surface area contributed by atoms with Gasteiger partial charge in [0.25, 0.3) is 5.82 Å². The number of amides is 1. The summed E-state index contributed by atoms with van der Waals surface area (Å²) >= 11 is 0. The Labute approximate surface area is 99.2 Å². The van der Waals surface area contributed by atoms with Crippen molar-refractivity contribution < 1.29 is 4.79 Å². The van der Waals surface area contributed by atoms with Gasteiger partial charge in [0.05, 0.1) is 0 Å². The van der Waals surface area contributed by atoms with Gasteiger partial charge >= 0.3 is 0 Å². The molecule has 17 heavy (non-hydrogen) atoms. The Balaban J connectivity index is 1.91. The molecule has 1 saturated heterocycles. The van der Waals surface area contributed by atoms with Gasteiger partial charge in [0.1, 0.15) is 18.9 Å². The van der Waals surface area contributed by atoms with Gasteiger partial charge < -0.3 is 9.80 Å². The van der Waals surface area contributed by atoms with Gasteiger partial charge in [-0.15, -0.1) is 5.10 Å². The minimum Gasteiger partial charge on any atom is -0.339 e. The zero-order chi connectivity index (χ0) is 12.3. The van der Waals surface area contributed by atoms with Crippen LogP contribution in [0.25, 0.3) is 0 Å². The summed E-state index contributed by atoms with van der Waals surface area (Å²) in [7, 11) is 2.04. The van der Waals surface area contributed by atoms with Gasteiger partial charge in [0, 0.05) is 26.2 Å². The van der Waals surface area contributed by atoms with E-state index in [1.807, 2.05) is 18.0 Å². The molecule has 0 atom stereocenters. The molecule has 1 aromatic rings. The highest BCUT2D eigenvalue weighted by molar-refractivity contribution is 5.76. The second-order valence-electron chi connectivity index (χ2n) is 4.06. The van der Waals surface area contributed by atoms with Crippen molar-refractivity contribution in [3.8, 4) is 6.07 Å². The number of carbonyl (C=O) groups is 1. The lowest BCUT2D eigenvalue weighted by molar-refractivity contribution is -0.133. The summed E-state index contributed by atoms with van der Waals surface area (Å²) in [6.07, 6.45) is 1.41. The first-order chi connectivity index (χ1) is 8.19. The maximum Gasteiger partial charge on any atom is 0.252 e. The zero-order valence-corrected chi connectivity index (χ0v) is 9.70. The third kappa shape index (κ3) is 2.79. The van der Waals surface area contributed by atoms with Crippen LogP contribution in [0.15, 0.2) is 6.33 Å². The van der Waals surface area contributed by atoms with Crippen LogP contribution < -0.4 is 0 Å². The number of hydrogen-bond acceptors (Lipinski definition) is 5. The second-order valence-corrected chi connectivity index (χ2v) is 4.06. The molecule has 0 unspecified atom stereocenters. The van der Waals surface area contributed by atoms with Gasteiger partial charge in [-0.2, -0.15) is 5.26 Å². The van der Waals surface area contributed by atoms with E-state index in [2.05, 4.69) is 15.0 Å². The largest absolute Gasteiger partial charge is 0.339 e. The predicted octanol–water partition coefficient (Wildman–Crippen LogP) is -1.08. The van der Waals surface area contributed by atoms with E-state index in [-0.39, 0.29) is 18.3 Å². The molecule has 1 fully saturated rings. The molecule has 1 aliphatic heterocycles.